The zero-order valence-corrected chi connectivity index (χ0v) is 30.7. The van der Waals surface area contributed by atoms with E-state index in [4.69, 9.17) is 20.5 Å². The summed E-state index contributed by atoms with van der Waals surface area (Å²) in [4.78, 5) is 56.7. The molecule has 6 rings (SSSR count). The molecule has 4 aromatic carbocycles. The Hall–Kier alpha value is -7.57. The average Bonchev–Trinajstić information content (AvgIpc) is 3.19. The van der Waals surface area contributed by atoms with Crippen molar-refractivity contribution < 1.29 is 24.1 Å². The Morgan fingerprint density at radius 1 is 0.696 bits per heavy atom. The first kappa shape index (κ1) is 41.2. The van der Waals surface area contributed by atoms with Crippen molar-refractivity contribution in [2.24, 2.45) is 5.73 Å². The highest BCUT2D eigenvalue weighted by molar-refractivity contribution is 5.92. The quantitative estimate of drug-likeness (QED) is 0.114. The van der Waals surface area contributed by atoms with Crippen LogP contribution in [-0.4, -0.2) is 39.1 Å². The molecular weight excluding hydrogens is 744 g/mol. The zero-order chi connectivity index (χ0) is 39.6. The van der Waals surface area contributed by atoms with Crippen molar-refractivity contribution in [1.82, 2.24) is 9.13 Å². The Morgan fingerprint density at radius 3 is 1.55 bits per heavy atom. The number of amides is 1. The van der Waals surface area contributed by atoms with Crippen LogP contribution in [0.5, 0.6) is 11.5 Å². The third-order valence-electron chi connectivity index (χ3n) is 8.38. The molecule has 56 heavy (non-hydrogen) atoms. The Bertz CT molecular complexity index is 2600. The molecular formula is C40H33ClN6O9. The first-order chi connectivity index (χ1) is 26.4. The lowest BCUT2D eigenvalue weighted by Gasteiger charge is -2.12. The van der Waals surface area contributed by atoms with Gasteiger partial charge in [-0.15, -0.1) is 12.4 Å². The molecule has 0 fully saturated rings. The summed E-state index contributed by atoms with van der Waals surface area (Å²) in [6.45, 7) is 0.556. The van der Waals surface area contributed by atoms with Gasteiger partial charge in [-0.2, -0.15) is 5.26 Å². The van der Waals surface area contributed by atoms with E-state index >= 15 is 0 Å². The minimum Gasteiger partial charge on any atom is -0.496 e. The number of nitrogens with zero attached hydrogens (tertiary/aromatic N) is 5. The number of hydrogen-bond donors (Lipinski definition) is 1. The first-order valence-electron chi connectivity index (χ1n) is 16.3. The molecule has 1 amide bonds. The highest BCUT2D eigenvalue weighted by atomic mass is 35.5. The van der Waals surface area contributed by atoms with E-state index in [1.54, 1.807) is 54.7 Å². The lowest BCUT2D eigenvalue weighted by molar-refractivity contribution is -0.385. The van der Waals surface area contributed by atoms with E-state index in [0.29, 0.717) is 45.9 Å². The van der Waals surface area contributed by atoms with Crippen molar-refractivity contribution in [2.75, 3.05) is 14.2 Å². The van der Waals surface area contributed by atoms with Crippen molar-refractivity contribution in [1.29, 1.82) is 5.26 Å². The standard InChI is InChI=1S/C20H17N3O5.C20H15N3O4.ClH/c1-28-18-6-5-13(12-22-8-7-15(20(21)25)11-19(22)24)9-17(18)14-3-2-4-16(10-14)23(26)27;1-27-19-6-5-15(13-22-8-7-14(12-21)10-20(22)24)9-18(19)16-3-2-4-17(11-16)23(25)26;/h2-11H,12H2,1H3,(H2,21,25);2-11H,13H2,1H3;1H. The third-order valence-corrected chi connectivity index (χ3v) is 8.38. The fourth-order valence-electron chi connectivity index (χ4n) is 5.63. The van der Waals surface area contributed by atoms with E-state index in [-0.39, 0.29) is 47.0 Å². The number of carbonyl (C=O) groups is 1. The molecule has 2 N–H and O–H groups in total. The predicted octanol–water partition coefficient (Wildman–Crippen LogP) is 6.35. The Morgan fingerprint density at radius 2 is 1.16 bits per heavy atom. The molecule has 15 nitrogen and oxygen atoms in total. The van der Waals surface area contributed by atoms with E-state index in [2.05, 4.69) is 0 Å². The molecule has 0 bridgehead atoms. The van der Waals surface area contributed by atoms with Crippen molar-refractivity contribution in [3.8, 4) is 39.8 Å². The van der Waals surface area contributed by atoms with Crippen LogP contribution < -0.4 is 26.3 Å². The molecule has 2 aromatic heterocycles. The molecule has 0 aliphatic heterocycles. The molecule has 16 heteroatoms. The summed E-state index contributed by atoms with van der Waals surface area (Å²) in [6.07, 6.45) is 3.07. The molecule has 0 saturated heterocycles. The zero-order valence-electron chi connectivity index (χ0n) is 29.9. The molecule has 0 spiro atoms. The summed E-state index contributed by atoms with van der Waals surface area (Å²) in [5.74, 6) is 0.466. The van der Waals surface area contributed by atoms with E-state index < -0.39 is 15.8 Å². The van der Waals surface area contributed by atoms with Crippen LogP contribution in [0.3, 0.4) is 0 Å². The maximum Gasteiger partial charge on any atom is 0.270 e. The lowest BCUT2D eigenvalue weighted by Crippen LogP contribution is -2.22. The van der Waals surface area contributed by atoms with Crippen LogP contribution in [0, 0.1) is 31.6 Å². The molecule has 284 valence electrons. The number of nitro groups is 2. The number of carbonyl (C=O) groups excluding carboxylic acids is 1. The van der Waals surface area contributed by atoms with Crippen LogP contribution in [0.4, 0.5) is 11.4 Å². The van der Waals surface area contributed by atoms with Gasteiger partial charge in [-0.05, 0) is 58.7 Å². The second kappa shape index (κ2) is 18.5. The third kappa shape index (κ3) is 9.89. The monoisotopic (exact) mass is 776 g/mol. The van der Waals surface area contributed by atoms with Crippen LogP contribution in [0.2, 0.25) is 0 Å². The average molecular weight is 777 g/mol. The summed E-state index contributed by atoms with van der Waals surface area (Å²) < 4.78 is 13.7. The van der Waals surface area contributed by atoms with Gasteiger partial charge in [0.05, 0.1) is 48.8 Å². The van der Waals surface area contributed by atoms with Gasteiger partial charge in [-0.25, -0.2) is 0 Å². The Balaban J connectivity index is 0.000000244. The fourth-order valence-corrected chi connectivity index (χ4v) is 5.63. The van der Waals surface area contributed by atoms with Gasteiger partial charge in [-0.3, -0.25) is 34.6 Å². The first-order valence-corrected chi connectivity index (χ1v) is 16.3. The Labute approximate surface area is 325 Å². The van der Waals surface area contributed by atoms with Gasteiger partial charge in [0.15, 0.2) is 0 Å². The van der Waals surface area contributed by atoms with E-state index in [1.807, 2.05) is 24.3 Å². The number of primary amides is 1. The highest BCUT2D eigenvalue weighted by Crippen LogP contribution is 2.34. The molecule has 0 saturated carbocycles. The maximum absolute atomic E-state index is 12.2. The van der Waals surface area contributed by atoms with Gasteiger partial charge in [0.1, 0.15) is 11.5 Å². The maximum atomic E-state index is 12.2. The number of methoxy groups -OCH3 is 2. The Kier molecular flexibility index (Phi) is 13.6. The van der Waals surface area contributed by atoms with Crippen molar-refractivity contribution in [3.05, 3.63) is 185 Å². The van der Waals surface area contributed by atoms with Gasteiger partial charge in [0.25, 0.3) is 22.5 Å². The number of nitriles is 1. The number of ether oxygens (including phenoxy) is 2. The molecule has 6 aromatic rings. The van der Waals surface area contributed by atoms with E-state index in [0.717, 1.165) is 11.1 Å². The summed E-state index contributed by atoms with van der Waals surface area (Å²) in [5, 5.41) is 31.0. The van der Waals surface area contributed by atoms with Crippen molar-refractivity contribution >= 4 is 29.7 Å². The number of benzene rings is 4. The predicted molar refractivity (Wildman–Crippen MR) is 210 cm³/mol. The van der Waals surface area contributed by atoms with Gasteiger partial charge >= 0.3 is 0 Å². The second-order valence-electron chi connectivity index (χ2n) is 11.9. The SMILES string of the molecule is COc1ccc(Cn2ccc(C#N)cc2=O)cc1-c1cccc([N+](=O)[O-])c1.COc1ccc(Cn2ccc(C(N)=O)cc2=O)cc1-c1cccc([N+](=O)[O-])c1.Cl. The number of aromatic nitrogens is 2. The van der Waals surface area contributed by atoms with Crippen LogP contribution >= 0.6 is 12.4 Å². The van der Waals surface area contributed by atoms with Crippen molar-refractivity contribution in [3.63, 3.8) is 0 Å². The number of pyridine rings is 2. The summed E-state index contributed by atoms with van der Waals surface area (Å²) >= 11 is 0. The van der Waals surface area contributed by atoms with Gasteiger partial charge in [0.2, 0.25) is 5.91 Å². The number of rotatable bonds is 11. The number of halogens is 1. The van der Waals surface area contributed by atoms with Crippen LogP contribution in [0.1, 0.15) is 27.0 Å². The van der Waals surface area contributed by atoms with Crippen molar-refractivity contribution in [2.45, 2.75) is 13.1 Å². The minimum atomic E-state index is -0.665. The minimum absolute atomic E-state index is 0. The molecule has 0 aliphatic rings. The molecule has 0 atom stereocenters. The smallest absolute Gasteiger partial charge is 0.270 e. The summed E-state index contributed by atoms with van der Waals surface area (Å²) in [6, 6.07) is 30.8. The molecule has 0 unspecified atom stereocenters. The summed E-state index contributed by atoms with van der Waals surface area (Å²) in [7, 11) is 3.05. The number of nitro benzene ring substituents is 2. The van der Waals surface area contributed by atoms with Gasteiger partial charge in [0, 0.05) is 65.5 Å². The van der Waals surface area contributed by atoms with Gasteiger partial charge < -0.3 is 24.3 Å². The normalized spacial score (nSPS) is 10.2. The van der Waals surface area contributed by atoms with Crippen LogP contribution in [0.25, 0.3) is 22.3 Å². The highest BCUT2D eigenvalue weighted by Gasteiger charge is 2.14. The number of hydrogen-bond acceptors (Lipinski definition) is 10. The largest absolute Gasteiger partial charge is 0.496 e. The van der Waals surface area contributed by atoms with E-state index in [1.165, 1.54) is 72.0 Å². The summed E-state index contributed by atoms with van der Waals surface area (Å²) in [5.41, 5.74) is 9.23. The van der Waals surface area contributed by atoms with Crippen LogP contribution in [0.15, 0.2) is 131 Å². The lowest BCUT2D eigenvalue weighted by atomic mass is 10.0. The molecule has 2 heterocycles. The van der Waals surface area contributed by atoms with E-state index in [9.17, 15) is 34.6 Å². The fraction of sp³-hybridized carbons (Fsp3) is 0.100. The number of nitrogens with two attached hydrogens (primary N) is 1. The molecule has 0 aliphatic carbocycles. The number of non-ortho nitro benzene ring substituents is 2. The second-order valence-corrected chi connectivity index (χ2v) is 11.9. The van der Waals surface area contributed by atoms with Gasteiger partial charge in [-0.1, -0.05) is 36.4 Å². The van der Waals surface area contributed by atoms with Crippen LogP contribution in [-0.2, 0) is 13.1 Å². The topological polar surface area (TPSA) is 216 Å². The molecule has 0 radical (unpaired) electrons.